The monoisotopic (exact) mass is 216 g/mol. The average molecular weight is 216 g/mol. The van der Waals surface area contributed by atoms with Crippen LogP contribution in [0.3, 0.4) is 0 Å². The molecule has 1 saturated heterocycles. The summed E-state index contributed by atoms with van der Waals surface area (Å²) in [7, 11) is 0. The van der Waals surface area contributed by atoms with Gasteiger partial charge >= 0.3 is 0 Å². The molecule has 2 nitrogen and oxygen atoms in total. The molecule has 0 aromatic rings. The van der Waals surface area contributed by atoms with Gasteiger partial charge in [0.05, 0.1) is 0 Å². The lowest BCUT2D eigenvalue weighted by Crippen LogP contribution is -2.61. The van der Waals surface area contributed by atoms with Crippen LogP contribution in [0.25, 0.3) is 0 Å². The van der Waals surface area contributed by atoms with Gasteiger partial charge in [0.25, 0.3) is 0 Å². The van der Waals surface area contributed by atoms with E-state index in [0.29, 0.717) is 11.6 Å². The van der Waals surface area contributed by atoms with Crippen molar-refractivity contribution in [3.63, 3.8) is 0 Å². The Balaban J connectivity index is 2.38. The summed E-state index contributed by atoms with van der Waals surface area (Å²) < 4.78 is 0. The first-order chi connectivity index (χ1) is 6.56. The van der Waals surface area contributed by atoms with E-state index in [-0.39, 0.29) is 0 Å². The second-order valence-electron chi connectivity index (χ2n) is 4.89. The summed E-state index contributed by atoms with van der Waals surface area (Å²) >= 11 is 1.95. The van der Waals surface area contributed by atoms with Gasteiger partial charge in [0.2, 0.25) is 0 Å². The van der Waals surface area contributed by atoms with Gasteiger partial charge in [-0.2, -0.15) is 11.8 Å². The van der Waals surface area contributed by atoms with E-state index < -0.39 is 0 Å². The summed E-state index contributed by atoms with van der Waals surface area (Å²) in [6, 6.07) is 0.650. The van der Waals surface area contributed by atoms with Gasteiger partial charge in [0.1, 0.15) is 0 Å². The summed E-state index contributed by atoms with van der Waals surface area (Å²) in [6.07, 6.45) is 3.50. The Labute approximate surface area is 92.8 Å². The number of thioether (sulfide) groups is 1. The molecule has 0 aromatic heterocycles. The van der Waals surface area contributed by atoms with Gasteiger partial charge in [0.15, 0.2) is 0 Å². The molecule has 1 atom stereocenters. The van der Waals surface area contributed by atoms with Crippen molar-refractivity contribution in [2.75, 3.05) is 31.6 Å². The second kappa shape index (κ2) is 5.38. The van der Waals surface area contributed by atoms with E-state index in [9.17, 15) is 0 Å². The van der Waals surface area contributed by atoms with E-state index in [1.54, 1.807) is 0 Å². The van der Waals surface area contributed by atoms with Crippen LogP contribution >= 0.6 is 11.8 Å². The Hall–Kier alpha value is 0.270. The molecule has 1 aliphatic rings. The van der Waals surface area contributed by atoms with Crippen molar-refractivity contribution in [2.24, 2.45) is 0 Å². The summed E-state index contributed by atoms with van der Waals surface area (Å²) in [5.74, 6) is 1.29. The highest BCUT2D eigenvalue weighted by Crippen LogP contribution is 2.18. The van der Waals surface area contributed by atoms with Crippen molar-refractivity contribution < 1.29 is 0 Å². The fraction of sp³-hybridized carbons (Fsp3) is 1.00. The molecule has 0 saturated carbocycles. The fourth-order valence-electron chi connectivity index (χ4n) is 1.97. The molecule has 1 N–H and O–H groups in total. The van der Waals surface area contributed by atoms with Crippen LogP contribution < -0.4 is 5.32 Å². The highest BCUT2D eigenvalue weighted by Gasteiger charge is 2.31. The average Bonchev–Trinajstić information content (AvgIpc) is 2.12. The number of nitrogens with zero attached hydrogens (tertiary/aromatic N) is 1. The number of rotatable bonds is 4. The Morgan fingerprint density at radius 3 is 2.86 bits per heavy atom. The van der Waals surface area contributed by atoms with Gasteiger partial charge in [-0.1, -0.05) is 0 Å². The lowest BCUT2D eigenvalue weighted by molar-refractivity contribution is 0.0708. The minimum atomic E-state index is 0.338. The molecule has 0 spiro atoms. The molecule has 1 rings (SSSR count). The van der Waals surface area contributed by atoms with Crippen LogP contribution in [0, 0.1) is 0 Å². The van der Waals surface area contributed by atoms with Gasteiger partial charge < -0.3 is 5.32 Å². The number of hydrogen-bond donors (Lipinski definition) is 1. The van der Waals surface area contributed by atoms with Crippen molar-refractivity contribution in [1.29, 1.82) is 0 Å². The molecular weight excluding hydrogens is 192 g/mol. The van der Waals surface area contributed by atoms with E-state index in [1.807, 2.05) is 11.8 Å². The van der Waals surface area contributed by atoms with Crippen LogP contribution in [0.1, 0.15) is 27.2 Å². The molecule has 1 heterocycles. The first kappa shape index (κ1) is 12.3. The second-order valence-corrected chi connectivity index (χ2v) is 5.87. The third kappa shape index (κ3) is 3.44. The molecule has 84 valence electrons. The lowest BCUT2D eigenvalue weighted by Gasteiger charge is -2.45. The van der Waals surface area contributed by atoms with Crippen molar-refractivity contribution in [3.8, 4) is 0 Å². The van der Waals surface area contributed by atoms with Gasteiger partial charge in [-0.15, -0.1) is 0 Å². The van der Waals surface area contributed by atoms with Crippen molar-refractivity contribution in [1.82, 2.24) is 10.2 Å². The smallest absolute Gasteiger partial charge is 0.0278 e. The third-order valence-electron chi connectivity index (χ3n) is 3.01. The van der Waals surface area contributed by atoms with E-state index in [0.717, 1.165) is 6.54 Å². The highest BCUT2D eigenvalue weighted by atomic mass is 32.2. The Kier molecular flexibility index (Phi) is 4.74. The zero-order valence-corrected chi connectivity index (χ0v) is 10.8. The molecule has 3 heteroatoms. The largest absolute Gasteiger partial charge is 0.311 e. The SMILES string of the molecule is CSCCCN1CC(C)NCC1(C)C. The Morgan fingerprint density at radius 2 is 2.21 bits per heavy atom. The van der Waals surface area contributed by atoms with Crippen molar-refractivity contribution in [2.45, 2.75) is 38.8 Å². The molecule has 0 aliphatic carbocycles. The van der Waals surface area contributed by atoms with E-state index >= 15 is 0 Å². The summed E-state index contributed by atoms with van der Waals surface area (Å²) in [5, 5.41) is 3.55. The zero-order chi connectivity index (χ0) is 10.6. The normalized spacial score (nSPS) is 27.9. The summed E-state index contributed by atoms with van der Waals surface area (Å²) in [5.41, 5.74) is 0.338. The van der Waals surface area contributed by atoms with Crippen LogP contribution in [0.4, 0.5) is 0 Å². The molecule has 1 fully saturated rings. The number of piperazine rings is 1. The summed E-state index contributed by atoms with van der Waals surface area (Å²) in [6.45, 7) is 10.5. The maximum atomic E-state index is 3.55. The molecule has 0 amide bonds. The topological polar surface area (TPSA) is 15.3 Å². The van der Waals surface area contributed by atoms with E-state index in [1.165, 1.54) is 25.3 Å². The van der Waals surface area contributed by atoms with E-state index in [2.05, 4.69) is 37.2 Å². The Bertz CT molecular complexity index is 171. The first-order valence-corrected chi connectivity index (χ1v) is 6.93. The third-order valence-corrected chi connectivity index (χ3v) is 3.71. The van der Waals surface area contributed by atoms with Crippen molar-refractivity contribution in [3.05, 3.63) is 0 Å². The molecule has 14 heavy (non-hydrogen) atoms. The molecule has 0 aromatic carbocycles. The van der Waals surface area contributed by atoms with Crippen LogP contribution in [-0.2, 0) is 0 Å². The predicted molar refractivity (Wildman–Crippen MR) is 66.1 cm³/mol. The van der Waals surface area contributed by atoms with E-state index in [4.69, 9.17) is 0 Å². The van der Waals surface area contributed by atoms with Crippen LogP contribution in [-0.4, -0.2) is 48.1 Å². The van der Waals surface area contributed by atoms with Crippen LogP contribution in [0.15, 0.2) is 0 Å². The maximum absolute atomic E-state index is 3.55. The zero-order valence-electron chi connectivity index (χ0n) is 9.97. The fourth-order valence-corrected chi connectivity index (χ4v) is 2.39. The quantitative estimate of drug-likeness (QED) is 0.722. The Morgan fingerprint density at radius 1 is 1.50 bits per heavy atom. The van der Waals surface area contributed by atoms with Crippen LogP contribution in [0.5, 0.6) is 0 Å². The highest BCUT2D eigenvalue weighted by molar-refractivity contribution is 7.98. The minimum absolute atomic E-state index is 0.338. The number of hydrogen-bond acceptors (Lipinski definition) is 3. The molecule has 1 aliphatic heterocycles. The van der Waals surface area contributed by atoms with Gasteiger partial charge in [-0.3, -0.25) is 4.90 Å². The summed E-state index contributed by atoms with van der Waals surface area (Å²) in [4.78, 5) is 2.63. The van der Waals surface area contributed by atoms with Gasteiger partial charge in [-0.25, -0.2) is 0 Å². The molecular formula is C11H24N2S. The number of nitrogens with one attached hydrogen (secondary N) is 1. The lowest BCUT2D eigenvalue weighted by atomic mass is 9.98. The van der Waals surface area contributed by atoms with Crippen molar-refractivity contribution >= 4 is 11.8 Å². The standard InChI is InChI=1S/C11H24N2S/c1-10-8-13(6-5-7-14-4)11(2,3)9-12-10/h10,12H,5-9H2,1-4H3. The van der Waals surface area contributed by atoms with Gasteiger partial charge in [-0.05, 0) is 45.7 Å². The predicted octanol–water partition coefficient (Wildman–Crippen LogP) is 1.81. The maximum Gasteiger partial charge on any atom is 0.0278 e. The van der Waals surface area contributed by atoms with Crippen LogP contribution in [0.2, 0.25) is 0 Å². The molecule has 1 unspecified atom stereocenters. The van der Waals surface area contributed by atoms with Gasteiger partial charge in [0, 0.05) is 24.7 Å². The minimum Gasteiger partial charge on any atom is -0.311 e. The molecule has 0 radical (unpaired) electrons. The molecule has 0 bridgehead atoms. The first-order valence-electron chi connectivity index (χ1n) is 5.53.